The molecule has 1 heterocycles. The highest BCUT2D eigenvalue weighted by atomic mass is 35.5. The minimum absolute atomic E-state index is 0.659. The first-order valence-electron chi connectivity index (χ1n) is 4.47. The Kier molecular flexibility index (Phi) is 2.79. The molecule has 1 aromatic carbocycles. The summed E-state index contributed by atoms with van der Waals surface area (Å²) in [5.74, 6) is 0. The summed E-state index contributed by atoms with van der Waals surface area (Å²) in [6, 6.07) is 7.37. The van der Waals surface area contributed by atoms with E-state index in [1.54, 1.807) is 18.3 Å². The Hall–Kier alpha value is -1.67. The average molecular weight is 218 g/mol. The smallest absolute Gasteiger partial charge is 0.142 e. The van der Waals surface area contributed by atoms with Gasteiger partial charge in [-0.2, -0.15) is 0 Å². The molecular weight excluding hydrogens is 210 g/mol. The van der Waals surface area contributed by atoms with Crippen molar-refractivity contribution in [3.05, 3.63) is 47.1 Å². The molecule has 74 valence electrons. The molecule has 15 heavy (non-hydrogen) atoms. The van der Waals surface area contributed by atoms with Crippen molar-refractivity contribution < 1.29 is 4.79 Å². The number of aldehydes is 1. The quantitative estimate of drug-likeness (QED) is 0.572. The van der Waals surface area contributed by atoms with Crippen LogP contribution in [0.4, 0.5) is 0 Å². The summed E-state index contributed by atoms with van der Waals surface area (Å²) in [6.07, 6.45) is 5.67. The number of fused-ring (bicyclic) bond motifs is 1. The highest BCUT2D eigenvalue weighted by Gasteiger charge is 1.99. The van der Waals surface area contributed by atoms with E-state index in [1.807, 2.05) is 18.2 Å². The Balaban J connectivity index is 2.65. The Morgan fingerprint density at radius 2 is 2.13 bits per heavy atom. The molecule has 0 aliphatic heterocycles. The van der Waals surface area contributed by atoms with Gasteiger partial charge >= 0.3 is 0 Å². The molecule has 2 aromatic rings. The molecule has 0 atom stereocenters. The van der Waals surface area contributed by atoms with Crippen LogP contribution < -0.4 is 0 Å². The van der Waals surface area contributed by atoms with Crippen LogP contribution in [0.5, 0.6) is 0 Å². The lowest BCUT2D eigenvalue weighted by Crippen LogP contribution is -1.82. The number of rotatable bonds is 2. The number of aromatic nitrogens is 1. The van der Waals surface area contributed by atoms with Gasteiger partial charge in [-0.05, 0) is 29.8 Å². The number of nitrogens with zero attached hydrogens (tertiary/aromatic N) is 1. The molecule has 0 saturated carbocycles. The van der Waals surface area contributed by atoms with Gasteiger partial charge in [-0.3, -0.25) is 9.78 Å². The van der Waals surface area contributed by atoms with Crippen LogP contribution in [-0.2, 0) is 4.79 Å². The van der Waals surface area contributed by atoms with E-state index in [-0.39, 0.29) is 0 Å². The molecule has 0 N–H and O–H groups in total. The fourth-order valence-corrected chi connectivity index (χ4v) is 1.60. The third-order valence-electron chi connectivity index (χ3n) is 2.09. The predicted octanol–water partition coefficient (Wildman–Crippen LogP) is 3.10. The van der Waals surface area contributed by atoms with Gasteiger partial charge in [0, 0.05) is 16.6 Å². The van der Waals surface area contributed by atoms with Crippen LogP contribution in [0.25, 0.3) is 17.0 Å². The van der Waals surface area contributed by atoms with Crippen molar-refractivity contribution in [2.45, 2.75) is 0 Å². The van der Waals surface area contributed by atoms with Crippen molar-refractivity contribution in [3.63, 3.8) is 0 Å². The van der Waals surface area contributed by atoms with E-state index in [0.717, 1.165) is 22.8 Å². The fraction of sp³-hybridized carbons (Fsp3) is 0. The molecule has 2 rings (SSSR count). The summed E-state index contributed by atoms with van der Waals surface area (Å²) in [6.45, 7) is 0. The minimum Gasteiger partial charge on any atom is -0.299 e. The standard InChI is InChI=1S/C12H8ClNO/c13-10-3-4-11-9(2-1-7-15)5-6-14-12(11)8-10/h1-8H. The summed E-state index contributed by atoms with van der Waals surface area (Å²) in [5, 5.41) is 1.64. The molecular formula is C12H8ClNO. The molecule has 0 spiro atoms. The maximum Gasteiger partial charge on any atom is 0.142 e. The highest BCUT2D eigenvalue weighted by molar-refractivity contribution is 6.31. The third-order valence-corrected chi connectivity index (χ3v) is 2.33. The first-order chi connectivity index (χ1) is 7.31. The zero-order valence-corrected chi connectivity index (χ0v) is 8.61. The topological polar surface area (TPSA) is 30.0 Å². The Labute approximate surface area is 92.2 Å². The van der Waals surface area contributed by atoms with Crippen LogP contribution in [0.15, 0.2) is 36.5 Å². The van der Waals surface area contributed by atoms with Crippen molar-refractivity contribution in [3.8, 4) is 0 Å². The Morgan fingerprint density at radius 1 is 1.27 bits per heavy atom. The van der Waals surface area contributed by atoms with Gasteiger partial charge in [0.1, 0.15) is 6.29 Å². The molecule has 0 saturated heterocycles. The van der Waals surface area contributed by atoms with Crippen molar-refractivity contribution in [2.75, 3.05) is 0 Å². The second-order valence-electron chi connectivity index (χ2n) is 3.06. The number of carbonyl (C=O) groups excluding carboxylic acids is 1. The van der Waals surface area contributed by atoms with Crippen LogP contribution in [0.3, 0.4) is 0 Å². The summed E-state index contributed by atoms with van der Waals surface area (Å²) >= 11 is 5.86. The maximum atomic E-state index is 10.2. The molecule has 3 heteroatoms. The van der Waals surface area contributed by atoms with Gasteiger partial charge in [-0.15, -0.1) is 0 Å². The molecule has 0 aliphatic carbocycles. The van der Waals surface area contributed by atoms with Gasteiger partial charge in [0.2, 0.25) is 0 Å². The van der Waals surface area contributed by atoms with Crippen LogP contribution in [0, 0.1) is 0 Å². The summed E-state index contributed by atoms with van der Waals surface area (Å²) < 4.78 is 0. The van der Waals surface area contributed by atoms with Crippen molar-refractivity contribution in [2.24, 2.45) is 0 Å². The lowest BCUT2D eigenvalue weighted by Gasteiger charge is -2.01. The largest absolute Gasteiger partial charge is 0.299 e. The highest BCUT2D eigenvalue weighted by Crippen LogP contribution is 2.21. The summed E-state index contributed by atoms with van der Waals surface area (Å²) in [7, 11) is 0. The van der Waals surface area contributed by atoms with E-state index in [2.05, 4.69) is 4.98 Å². The van der Waals surface area contributed by atoms with Crippen molar-refractivity contribution in [1.82, 2.24) is 4.98 Å². The normalized spacial score (nSPS) is 11.0. The number of hydrogen-bond donors (Lipinski definition) is 0. The van der Waals surface area contributed by atoms with Crippen LogP contribution >= 0.6 is 11.6 Å². The Bertz CT molecular complexity index is 534. The van der Waals surface area contributed by atoms with E-state index < -0.39 is 0 Å². The maximum absolute atomic E-state index is 10.2. The van der Waals surface area contributed by atoms with Crippen LogP contribution in [0.1, 0.15) is 5.56 Å². The van der Waals surface area contributed by atoms with E-state index in [4.69, 9.17) is 11.6 Å². The molecule has 0 fully saturated rings. The second-order valence-corrected chi connectivity index (χ2v) is 3.49. The van der Waals surface area contributed by atoms with Gasteiger partial charge < -0.3 is 0 Å². The third kappa shape index (κ3) is 2.05. The number of pyridine rings is 1. The molecule has 0 amide bonds. The molecule has 0 bridgehead atoms. The van der Waals surface area contributed by atoms with Crippen molar-refractivity contribution in [1.29, 1.82) is 0 Å². The number of halogens is 1. The van der Waals surface area contributed by atoms with Gasteiger partial charge in [-0.25, -0.2) is 0 Å². The average Bonchev–Trinajstić information content (AvgIpc) is 2.25. The minimum atomic E-state index is 0.659. The molecule has 0 aliphatic rings. The van der Waals surface area contributed by atoms with Gasteiger partial charge in [0.15, 0.2) is 0 Å². The SMILES string of the molecule is O=CC=Cc1ccnc2cc(Cl)ccc12. The van der Waals surface area contributed by atoms with Crippen LogP contribution in [-0.4, -0.2) is 11.3 Å². The number of benzene rings is 1. The number of carbonyl (C=O) groups is 1. The summed E-state index contributed by atoms with van der Waals surface area (Å²) in [5.41, 5.74) is 1.79. The predicted molar refractivity (Wildman–Crippen MR) is 61.9 cm³/mol. The zero-order chi connectivity index (χ0) is 10.7. The van der Waals surface area contributed by atoms with Gasteiger partial charge in [0.05, 0.1) is 5.52 Å². The molecule has 0 radical (unpaired) electrons. The molecule has 0 unspecified atom stereocenters. The van der Waals surface area contributed by atoms with E-state index in [9.17, 15) is 4.79 Å². The monoisotopic (exact) mass is 217 g/mol. The fourth-order valence-electron chi connectivity index (χ4n) is 1.43. The lowest BCUT2D eigenvalue weighted by atomic mass is 10.1. The zero-order valence-electron chi connectivity index (χ0n) is 7.85. The second kappa shape index (κ2) is 4.24. The lowest BCUT2D eigenvalue weighted by molar-refractivity contribution is -0.104. The van der Waals surface area contributed by atoms with E-state index in [0.29, 0.717) is 5.02 Å². The first kappa shape index (κ1) is 9.87. The number of hydrogen-bond acceptors (Lipinski definition) is 2. The van der Waals surface area contributed by atoms with Gasteiger partial charge in [0.25, 0.3) is 0 Å². The van der Waals surface area contributed by atoms with Crippen LogP contribution in [0.2, 0.25) is 5.02 Å². The van der Waals surface area contributed by atoms with E-state index >= 15 is 0 Å². The Morgan fingerprint density at radius 3 is 2.93 bits per heavy atom. The first-order valence-corrected chi connectivity index (χ1v) is 4.85. The van der Waals surface area contributed by atoms with Gasteiger partial charge in [-0.1, -0.05) is 23.7 Å². The summed E-state index contributed by atoms with van der Waals surface area (Å²) in [4.78, 5) is 14.4. The molecule has 1 aromatic heterocycles. The molecule has 2 nitrogen and oxygen atoms in total. The van der Waals surface area contributed by atoms with Crippen molar-refractivity contribution >= 4 is 34.9 Å². The number of allylic oxidation sites excluding steroid dienone is 1. The van der Waals surface area contributed by atoms with E-state index in [1.165, 1.54) is 6.08 Å².